The van der Waals surface area contributed by atoms with Crippen LogP contribution in [0.2, 0.25) is 5.02 Å². The molecule has 1 unspecified atom stereocenters. The van der Waals surface area contributed by atoms with Crippen molar-refractivity contribution in [1.82, 2.24) is 4.90 Å². The first-order chi connectivity index (χ1) is 9.91. The molecule has 116 valence electrons. The summed E-state index contributed by atoms with van der Waals surface area (Å²) in [5, 5.41) is 9.98. The van der Waals surface area contributed by atoms with Crippen LogP contribution in [0.1, 0.15) is 25.8 Å². The van der Waals surface area contributed by atoms with Gasteiger partial charge in [-0.3, -0.25) is 4.79 Å². The molecule has 1 aromatic carbocycles. The minimum Gasteiger partial charge on any atom is -0.394 e. The molecule has 1 aliphatic heterocycles. The molecule has 0 saturated carbocycles. The van der Waals surface area contributed by atoms with Crippen molar-refractivity contribution < 1.29 is 14.6 Å². The molecule has 4 nitrogen and oxygen atoms in total. The predicted octanol–water partition coefficient (Wildman–Crippen LogP) is 2.27. The van der Waals surface area contributed by atoms with Crippen LogP contribution in [-0.2, 0) is 16.0 Å². The van der Waals surface area contributed by atoms with Crippen molar-refractivity contribution in [3.8, 4) is 0 Å². The highest BCUT2D eigenvalue weighted by atomic mass is 35.5. The van der Waals surface area contributed by atoms with Gasteiger partial charge in [-0.25, -0.2) is 0 Å². The van der Waals surface area contributed by atoms with E-state index in [0.29, 0.717) is 31.0 Å². The first-order valence-electron chi connectivity index (χ1n) is 7.21. The van der Waals surface area contributed by atoms with Crippen molar-refractivity contribution in [2.24, 2.45) is 0 Å². The Bertz CT molecular complexity index is 504. The Hall–Kier alpha value is -1.10. The van der Waals surface area contributed by atoms with Crippen molar-refractivity contribution >= 4 is 17.5 Å². The number of rotatable bonds is 4. The fourth-order valence-corrected chi connectivity index (χ4v) is 2.91. The summed E-state index contributed by atoms with van der Waals surface area (Å²) < 4.78 is 5.72. The Labute approximate surface area is 130 Å². The number of carbonyl (C=O) groups excluding carboxylic acids is 1. The van der Waals surface area contributed by atoms with Gasteiger partial charge in [-0.2, -0.15) is 0 Å². The number of aryl methyl sites for hydroxylation is 1. The molecule has 1 heterocycles. The Morgan fingerprint density at radius 1 is 1.48 bits per heavy atom. The number of amides is 1. The Morgan fingerprint density at radius 3 is 2.86 bits per heavy atom. The number of hydrogen-bond donors (Lipinski definition) is 1. The maximum atomic E-state index is 12.4. The molecule has 1 amide bonds. The quantitative estimate of drug-likeness (QED) is 0.928. The zero-order valence-corrected chi connectivity index (χ0v) is 13.3. The number of halogens is 1. The van der Waals surface area contributed by atoms with E-state index in [0.717, 1.165) is 5.56 Å². The lowest BCUT2D eigenvalue weighted by Crippen LogP contribution is -2.55. The topological polar surface area (TPSA) is 49.8 Å². The number of aliphatic hydroxyl groups excluding tert-OH is 1. The van der Waals surface area contributed by atoms with E-state index in [4.69, 9.17) is 16.3 Å². The second-order valence-corrected chi connectivity index (χ2v) is 6.45. The van der Waals surface area contributed by atoms with Crippen molar-refractivity contribution in [3.63, 3.8) is 0 Å². The lowest BCUT2D eigenvalue weighted by molar-refractivity contribution is -0.166. The van der Waals surface area contributed by atoms with Gasteiger partial charge in [0, 0.05) is 24.5 Å². The highest BCUT2D eigenvalue weighted by molar-refractivity contribution is 6.31. The highest BCUT2D eigenvalue weighted by Crippen LogP contribution is 2.22. The maximum absolute atomic E-state index is 12.4. The van der Waals surface area contributed by atoms with Gasteiger partial charge in [0.25, 0.3) is 0 Å². The van der Waals surface area contributed by atoms with Crippen LogP contribution in [0.5, 0.6) is 0 Å². The van der Waals surface area contributed by atoms with E-state index >= 15 is 0 Å². The Morgan fingerprint density at radius 2 is 2.19 bits per heavy atom. The fraction of sp³-hybridized carbons (Fsp3) is 0.562. The van der Waals surface area contributed by atoms with Crippen molar-refractivity contribution in [2.45, 2.75) is 38.4 Å². The van der Waals surface area contributed by atoms with Crippen LogP contribution in [0.4, 0.5) is 0 Å². The molecule has 1 fully saturated rings. The molecule has 1 aromatic rings. The number of ether oxygens (including phenoxy) is 1. The lowest BCUT2D eigenvalue weighted by Gasteiger charge is -2.42. The normalized spacial score (nSPS) is 21.3. The molecule has 1 N–H and O–H groups in total. The van der Waals surface area contributed by atoms with Crippen LogP contribution in [0, 0.1) is 0 Å². The van der Waals surface area contributed by atoms with E-state index in [1.54, 1.807) is 4.90 Å². The zero-order valence-electron chi connectivity index (χ0n) is 12.5. The van der Waals surface area contributed by atoms with Crippen molar-refractivity contribution in [1.29, 1.82) is 0 Å². The molecule has 0 aromatic heterocycles. The molecule has 1 aliphatic rings. The van der Waals surface area contributed by atoms with Gasteiger partial charge in [0.15, 0.2) is 0 Å². The first-order valence-corrected chi connectivity index (χ1v) is 7.59. The molecule has 0 aliphatic carbocycles. The van der Waals surface area contributed by atoms with Crippen LogP contribution in [-0.4, -0.2) is 47.3 Å². The monoisotopic (exact) mass is 311 g/mol. The SMILES string of the molecule is CC1(C)CN(C(=O)CCc2ccccc2Cl)CC(CO)O1. The lowest BCUT2D eigenvalue weighted by atomic mass is 10.0. The van der Waals surface area contributed by atoms with E-state index in [1.165, 1.54) is 0 Å². The molecule has 0 bridgehead atoms. The molecule has 2 rings (SSSR count). The predicted molar refractivity (Wildman–Crippen MR) is 82.4 cm³/mol. The van der Waals surface area contributed by atoms with Gasteiger partial charge in [-0.15, -0.1) is 0 Å². The molecular formula is C16H22ClNO3. The molecule has 1 atom stereocenters. The van der Waals surface area contributed by atoms with Gasteiger partial charge in [-0.05, 0) is 31.9 Å². The molecular weight excluding hydrogens is 290 g/mol. The second kappa shape index (κ2) is 6.77. The summed E-state index contributed by atoms with van der Waals surface area (Å²) in [6.45, 7) is 4.79. The number of morpholine rings is 1. The molecule has 5 heteroatoms. The Kier molecular flexibility index (Phi) is 5.25. The van der Waals surface area contributed by atoms with Gasteiger partial charge in [0.1, 0.15) is 0 Å². The average Bonchev–Trinajstić information content (AvgIpc) is 2.44. The third-order valence-electron chi connectivity index (χ3n) is 3.60. The van der Waals surface area contributed by atoms with Gasteiger partial charge >= 0.3 is 0 Å². The van der Waals surface area contributed by atoms with Crippen LogP contribution < -0.4 is 0 Å². The second-order valence-electron chi connectivity index (χ2n) is 6.05. The summed E-state index contributed by atoms with van der Waals surface area (Å²) in [7, 11) is 0. The summed E-state index contributed by atoms with van der Waals surface area (Å²) in [4.78, 5) is 14.2. The van der Waals surface area contributed by atoms with Gasteiger partial charge in [0.2, 0.25) is 5.91 Å². The van der Waals surface area contributed by atoms with Crippen LogP contribution >= 0.6 is 11.6 Å². The molecule has 0 radical (unpaired) electrons. The Balaban J connectivity index is 1.95. The summed E-state index contributed by atoms with van der Waals surface area (Å²) in [6.07, 6.45) is 0.732. The first kappa shape index (κ1) is 16.3. The smallest absolute Gasteiger partial charge is 0.223 e. The fourth-order valence-electron chi connectivity index (χ4n) is 2.68. The molecule has 0 spiro atoms. The molecule has 21 heavy (non-hydrogen) atoms. The average molecular weight is 312 g/mol. The highest BCUT2D eigenvalue weighted by Gasteiger charge is 2.34. The van der Waals surface area contributed by atoms with E-state index in [9.17, 15) is 9.90 Å². The largest absolute Gasteiger partial charge is 0.394 e. The summed E-state index contributed by atoms with van der Waals surface area (Å²) >= 11 is 6.11. The van der Waals surface area contributed by atoms with Crippen LogP contribution in [0.3, 0.4) is 0 Å². The minimum atomic E-state index is -0.425. The van der Waals surface area contributed by atoms with Gasteiger partial charge < -0.3 is 14.7 Å². The number of aliphatic hydroxyl groups is 1. The number of hydrogen-bond acceptors (Lipinski definition) is 3. The summed E-state index contributed by atoms with van der Waals surface area (Å²) in [6, 6.07) is 7.58. The standard InChI is InChI=1S/C16H22ClNO3/c1-16(2)11-18(9-13(10-19)21-16)15(20)8-7-12-5-3-4-6-14(12)17/h3-6,13,19H,7-11H2,1-2H3. The number of carbonyl (C=O) groups is 1. The third-order valence-corrected chi connectivity index (χ3v) is 3.97. The van der Waals surface area contributed by atoms with Crippen molar-refractivity contribution in [3.05, 3.63) is 34.9 Å². The number of benzene rings is 1. The minimum absolute atomic E-state index is 0.0717. The van der Waals surface area contributed by atoms with Crippen LogP contribution in [0.15, 0.2) is 24.3 Å². The van der Waals surface area contributed by atoms with Gasteiger partial charge in [0.05, 0.1) is 18.3 Å². The maximum Gasteiger partial charge on any atom is 0.223 e. The van der Waals surface area contributed by atoms with E-state index in [2.05, 4.69) is 0 Å². The van der Waals surface area contributed by atoms with Crippen LogP contribution in [0.25, 0.3) is 0 Å². The number of nitrogens with zero attached hydrogens (tertiary/aromatic N) is 1. The van der Waals surface area contributed by atoms with Crippen molar-refractivity contribution in [2.75, 3.05) is 19.7 Å². The van der Waals surface area contributed by atoms with E-state index in [1.807, 2.05) is 38.1 Å². The van der Waals surface area contributed by atoms with Gasteiger partial charge in [-0.1, -0.05) is 29.8 Å². The van der Waals surface area contributed by atoms with E-state index < -0.39 is 5.60 Å². The third kappa shape index (κ3) is 4.43. The molecule has 1 saturated heterocycles. The van der Waals surface area contributed by atoms with E-state index in [-0.39, 0.29) is 18.6 Å². The summed E-state index contributed by atoms with van der Waals surface area (Å²) in [5.41, 5.74) is 0.560. The summed E-state index contributed by atoms with van der Waals surface area (Å²) in [5.74, 6) is 0.0738. The zero-order chi connectivity index (χ0) is 15.5.